The smallest absolute Gasteiger partial charge is 0.243 e. The van der Waals surface area contributed by atoms with Gasteiger partial charge in [0.25, 0.3) is 0 Å². The number of hydrogen-bond acceptors (Lipinski definition) is 3. The Bertz CT molecular complexity index is 543. The minimum absolute atomic E-state index is 0.0309. The molecule has 0 aromatic heterocycles. The molecule has 0 aliphatic carbocycles. The molecule has 0 saturated heterocycles. The quantitative estimate of drug-likeness (QED) is 0.805. The molecular weight excluding hydrogens is 238 g/mol. The average Bonchev–Trinajstić information content (AvgIpc) is 2.29. The Hall–Kier alpha value is -1.35. The predicted molar refractivity (Wildman–Crippen MR) is 65.8 cm³/mol. The van der Waals surface area contributed by atoms with Crippen molar-refractivity contribution in [2.75, 3.05) is 13.6 Å². The van der Waals surface area contributed by atoms with E-state index in [2.05, 4.69) is 5.92 Å². The summed E-state index contributed by atoms with van der Waals surface area (Å²) in [4.78, 5) is 0.185. The lowest BCUT2D eigenvalue weighted by atomic mass is 10.1. The van der Waals surface area contributed by atoms with Crippen LogP contribution in [-0.4, -0.2) is 31.4 Å². The first kappa shape index (κ1) is 13.7. The van der Waals surface area contributed by atoms with Crippen LogP contribution in [0.15, 0.2) is 23.1 Å². The van der Waals surface area contributed by atoms with E-state index >= 15 is 0 Å². The van der Waals surface area contributed by atoms with Gasteiger partial charge >= 0.3 is 0 Å². The molecule has 0 unspecified atom stereocenters. The number of sulfonamides is 1. The summed E-state index contributed by atoms with van der Waals surface area (Å²) in [5, 5.41) is 9.02. The summed E-state index contributed by atoms with van der Waals surface area (Å²) >= 11 is 0. The Morgan fingerprint density at radius 3 is 2.59 bits per heavy atom. The maximum absolute atomic E-state index is 12.0. The SMILES string of the molecule is C#CCN(C)S(=O)(=O)c1ccc(CO)c(C)c1. The third-order valence-electron chi connectivity index (χ3n) is 2.51. The van der Waals surface area contributed by atoms with E-state index in [9.17, 15) is 8.42 Å². The number of aryl methyl sites for hydroxylation is 1. The zero-order valence-electron chi connectivity index (χ0n) is 9.84. The van der Waals surface area contributed by atoms with Gasteiger partial charge in [-0.15, -0.1) is 6.42 Å². The van der Waals surface area contributed by atoms with Gasteiger partial charge in [0.15, 0.2) is 0 Å². The Balaban J connectivity index is 3.17. The highest BCUT2D eigenvalue weighted by molar-refractivity contribution is 7.89. The number of rotatable bonds is 4. The fraction of sp³-hybridized carbons (Fsp3) is 0.333. The summed E-state index contributed by atoms with van der Waals surface area (Å²) in [6.45, 7) is 1.68. The van der Waals surface area contributed by atoms with Crippen LogP contribution in [0.1, 0.15) is 11.1 Å². The molecule has 0 fully saturated rings. The van der Waals surface area contributed by atoms with Gasteiger partial charge in [-0.25, -0.2) is 8.42 Å². The molecule has 1 aromatic rings. The summed E-state index contributed by atoms with van der Waals surface area (Å²) in [5.41, 5.74) is 1.45. The van der Waals surface area contributed by atoms with Crippen molar-refractivity contribution in [3.63, 3.8) is 0 Å². The third kappa shape index (κ3) is 2.86. The predicted octanol–water partition coefficient (Wildman–Crippen LogP) is 0.741. The minimum Gasteiger partial charge on any atom is -0.392 e. The molecule has 4 nitrogen and oxygen atoms in total. The van der Waals surface area contributed by atoms with Crippen molar-refractivity contribution in [2.24, 2.45) is 0 Å². The molecule has 0 heterocycles. The van der Waals surface area contributed by atoms with Crippen molar-refractivity contribution in [1.29, 1.82) is 0 Å². The third-order valence-corrected chi connectivity index (χ3v) is 4.31. The summed E-state index contributed by atoms with van der Waals surface area (Å²) in [5.74, 6) is 2.29. The van der Waals surface area contributed by atoms with Gasteiger partial charge in [0.05, 0.1) is 18.0 Å². The van der Waals surface area contributed by atoms with Gasteiger partial charge in [0.1, 0.15) is 0 Å². The zero-order valence-corrected chi connectivity index (χ0v) is 10.7. The molecule has 0 atom stereocenters. The van der Waals surface area contributed by atoms with E-state index in [4.69, 9.17) is 11.5 Å². The molecular formula is C12H15NO3S. The Labute approximate surface area is 102 Å². The molecule has 92 valence electrons. The Kier molecular flexibility index (Phi) is 4.29. The summed E-state index contributed by atoms with van der Waals surface area (Å²) in [6, 6.07) is 4.61. The zero-order chi connectivity index (χ0) is 13.1. The first-order valence-electron chi connectivity index (χ1n) is 5.03. The van der Waals surface area contributed by atoms with Crippen LogP contribution in [0.25, 0.3) is 0 Å². The van der Waals surface area contributed by atoms with Crippen LogP contribution >= 0.6 is 0 Å². The largest absolute Gasteiger partial charge is 0.392 e. The van der Waals surface area contributed by atoms with E-state index in [-0.39, 0.29) is 18.0 Å². The van der Waals surface area contributed by atoms with Crippen LogP contribution < -0.4 is 0 Å². The Morgan fingerprint density at radius 2 is 2.12 bits per heavy atom. The van der Waals surface area contributed by atoms with Crippen molar-refractivity contribution < 1.29 is 13.5 Å². The van der Waals surface area contributed by atoms with Crippen LogP contribution in [0.3, 0.4) is 0 Å². The molecule has 0 amide bonds. The van der Waals surface area contributed by atoms with Crippen molar-refractivity contribution in [1.82, 2.24) is 4.31 Å². The lowest BCUT2D eigenvalue weighted by molar-refractivity contribution is 0.281. The standard InChI is InChI=1S/C12H15NO3S/c1-4-7-13(3)17(15,16)12-6-5-11(9-14)10(2)8-12/h1,5-6,8,14H,7,9H2,2-3H3. The van der Waals surface area contributed by atoms with E-state index in [1.807, 2.05) is 0 Å². The lowest BCUT2D eigenvalue weighted by Gasteiger charge is -2.15. The maximum atomic E-state index is 12.0. The molecule has 0 aliphatic heterocycles. The monoisotopic (exact) mass is 253 g/mol. The van der Waals surface area contributed by atoms with Gasteiger partial charge < -0.3 is 5.11 Å². The summed E-state index contributed by atoms with van der Waals surface area (Å²) in [7, 11) is -2.10. The minimum atomic E-state index is -3.54. The molecule has 0 radical (unpaired) electrons. The van der Waals surface area contributed by atoms with E-state index in [1.54, 1.807) is 13.0 Å². The number of nitrogens with zero attached hydrogens (tertiary/aromatic N) is 1. The highest BCUT2D eigenvalue weighted by atomic mass is 32.2. The molecule has 0 saturated carbocycles. The second kappa shape index (κ2) is 5.32. The fourth-order valence-corrected chi connectivity index (χ4v) is 2.57. The maximum Gasteiger partial charge on any atom is 0.243 e. The number of hydrogen-bond donors (Lipinski definition) is 1. The first-order chi connectivity index (χ1) is 7.93. The van der Waals surface area contributed by atoms with Gasteiger partial charge in [-0.1, -0.05) is 12.0 Å². The number of aliphatic hydroxyl groups is 1. The van der Waals surface area contributed by atoms with Crippen molar-refractivity contribution in [2.45, 2.75) is 18.4 Å². The normalized spacial score (nSPS) is 11.5. The number of aliphatic hydroxyl groups excluding tert-OH is 1. The highest BCUT2D eigenvalue weighted by Crippen LogP contribution is 2.18. The van der Waals surface area contributed by atoms with E-state index in [0.29, 0.717) is 5.56 Å². The summed E-state index contributed by atoms with van der Waals surface area (Å²) < 4.78 is 25.2. The molecule has 0 aliphatic rings. The van der Waals surface area contributed by atoms with Crippen LogP contribution in [0.4, 0.5) is 0 Å². The van der Waals surface area contributed by atoms with Crippen molar-refractivity contribution in [3.8, 4) is 12.3 Å². The molecule has 0 bridgehead atoms. The van der Waals surface area contributed by atoms with Crippen LogP contribution in [-0.2, 0) is 16.6 Å². The number of terminal acetylenes is 1. The van der Waals surface area contributed by atoms with Gasteiger partial charge in [0, 0.05) is 7.05 Å². The second-order valence-electron chi connectivity index (χ2n) is 3.71. The molecule has 1 aromatic carbocycles. The Morgan fingerprint density at radius 1 is 1.47 bits per heavy atom. The second-order valence-corrected chi connectivity index (χ2v) is 5.76. The molecule has 1 rings (SSSR count). The average molecular weight is 253 g/mol. The van der Waals surface area contributed by atoms with Crippen LogP contribution in [0.5, 0.6) is 0 Å². The van der Waals surface area contributed by atoms with Crippen molar-refractivity contribution in [3.05, 3.63) is 29.3 Å². The van der Waals surface area contributed by atoms with Crippen LogP contribution in [0.2, 0.25) is 0 Å². The highest BCUT2D eigenvalue weighted by Gasteiger charge is 2.20. The summed E-state index contributed by atoms with van der Waals surface area (Å²) in [6.07, 6.45) is 5.09. The van der Waals surface area contributed by atoms with Gasteiger partial charge in [-0.3, -0.25) is 0 Å². The lowest BCUT2D eigenvalue weighted by Crippen LogP contribution is -2.27. The molecule has 0 spiro atoms. The molecule has 1 N–H and O–H groups in total. The topological polar surface area (TPSA) is 57.6 Å². The van der Waals surface area contributed by atoms with Crippen molar-refractivity contribution >= 4 is 10.0 Å². The van der Waals surface area contributed by atoms with E-state index in [0.717, 1.165) is 9.87 Å². The van der Waals surface area contributed by atoms with E-state index in [1.165, 1.54) is 19.2 Å². The molecule has 5 heteroatoms. The van der Waals surface area contributed by atoms with Gasteiger partial charge in [-0.2, -0.15) is 4.31 Å². The first-order valence-corrected chi connectivity index (χ1v) is 6.47. The van der Waals surface area contributed by atoms with Crippen LogP contribution in [0, 0.1) is 19.3 Å². The van der Waals surface area contributed by atoms with Gasteiger partial charge in [-0.05, 0) is 30.2 Å². The fourth-order valence-electron chi connectivity index (χ4n) is 1.40. The molecule has 17 heavy (non-hydrogen) atoms. The van der Waals surface area contributed by atoms with Gasteiger partial charge in [0.2, 0.25) is 10.0 Å². The number of benzene rings is 1. The van der Waals surface area contributed by atoms with E-state index < -0.39 is 10.0 Å².